The molecule has 0 spiro atoms. The van der Waals surface area contributed by atoms with Gasteiger partial charge in [0, 0.05) is 11.9 Å². The Kier molecular flexibility index (Phi) is 4.09. The van der Waals surface area contributed by atoms with Gasteiger partial charge in [-0.2, -0.15) is 0 Å². The number of aromatic nitrogens is 1. The molecule has 2 rings (SSSR count). The Bertz CT molecular complexity index is 731. The second-order valence-electron chi connectivity index (χ2n) is 4.29. The van der Waals surface area contributed by atoms with E-state index >= 15 is 0 Å². The average Bonchev–Trinajstić information content (AvgIpc) is 2.42. The number of hydrogen-bond acceptors (Lipinski definition) is 4. The number of hydrogen-bond donors (Lipinski definition) is 3. The number of rotatable bonds is 3. The molecule has 7 heteroatoms. The highest BCUT2D eigenvalue weighted by molar-refractivity contribution is 6.33. The maximum Gasteiger partial charge on any atom is 0.339 e. The zero-order valence-corrected chi connectivity index (χ0v) is 11.7. The van der Waals surface area contributed by atoms with Crippen LogP contribution in [0, 0.1) is 6.92 Å². The molecule has 0 aliphatic rings. The fourth-order valence-electron chi connectivity index (χ4n) is 1.77. The van der Waals surface area contributed by atoms with E-state index in [4.69, 9.17) is 16.7 Å². The fourth-order valence-corrected chi connectivity index (χ4v) is 1.97. The standard InChI is InChI=1S/C14H11ClN2O4/c1-7-5-8(6-10(11(7)18)14(20)21)17-13(19)9-3-2-4-16-12(9)15/h2-6,18H,1H3,(H,17,19)(H,20,21). The molecule has 1 heterocycles. The number of halogens is 1. The molecule has 1 aromatic carbocycles. The van der Waals surface area contributed by atoms with Crippen molar-refractivity contribution >= 4 is 29.2 Å². The number of carboxylic acid groups (broad SMARTS) is 1. The Balaban J connectivity index is 2.34. The summed E-state index contributed by atoms with van der Waals surface area (Å²) in [7, 11) is 0. The highest BCUT2D eigenvalue weighted by Crippen LogP contribution is 2.27. The summed E-state index contributed by atoms with van der Waals surface area (Å²) in [5.74, 6) is -2.14. The van der Waals surface area contributed by atoms with Crippen molar-refractivity contribution in [3.63, 3.8) is 0 Å². The molecular weight excluding hydrogens is 296 g/mol. The minimum atomic E-state index is -1.29. The van der Waals surface area contributed by atoms with E-state index in [-0.39, 0.29) is 27.7 Å². The fraction of sp³-hybridized carbons (Fsp3) is 0.0714. The van der Waals surface area contributed by atoms with Crippen molar-refractivity contribution in [3.05, 3.63) is 52.3 Å². The van der Waals surface area contributed by atoms with Gasteiger partial charge in [-0.05, 0) is 36.8 Å². The first-order chi connectivity index (χ1) is 9.90. The molecule has 2 aromatic rings. The van der Waals surface area contributed by atoms with Gasteiger partial charge in [0.1, 0.15) is 16.5 Å². The summed E-state index contributed by atoms with van der Waals surface area (Å²) in [6.45, 7) is 1.54. The van der Waals surface area contributed by atoms with E-state index in [0.29, 0.717) is 5.56 Å². The van der Waals surface area contributed by atoms with Crippen LogP contribution in [0.2, 0.25) is 5.15 Å². The van der Waals surface area contributed by atoms with Crippen LogP contribution in [0.4, 0.5) is 5.69 Å². The van der Waals surface area contributed by atoms with Crippen molar-refractivity contribution in [2.45, 2.75) is 6.92 Å². The molecule has 0 aliphatic carbocycles. The van der Waals surface area contributed by atoms with E-state index in [1.165, 1.54) is 31.3 Å². The Morgan fingerprint density at radius 1 is 1.29 bits per heavy atom. The molecule has 108 valence electrons. The van der Waals surface area contributed by atoms with Gasteiger partial charge in [0.25, 0.3) is 5.91 Å². The summed E-state index contributed by atoms with van der Waals surface area (Å²) in [5.41, 5.74) is 0.458. The Hall–Kier alpha value is -2.60. The van der Waals surface area contributed by atoms with Crippen LogP contribution in [0.1, 0.15) is 26.3 Å². The first kappa shape index (κ1) is 14.8. The van der Waals surface area contributed by atoms with E-state index in [1.54, 1.807) is 6.07 Å². The number of anilines is 1. The summed E-state index contributed by atoms with van der Waals surface area (Å²) in [6, 6.07) is 5.69. The molecule has 1 amide bonds. The summed E-state index contributed by atoms with van der Waals surface area (Å²) < 4.78 is 0. The number of carbonyl (C=O) groups is 2. The van der Waals surface area contributed by atoms with Crippen molar-refractivity contribution < 1.29 is 19.8 Å². The van der Waals surface area contributed by atoms with Gasteiger partial charge in [0.15, 0.2) is 0 Å². The number of benzene rings is 1. The molecule has 0 unspecified atom stereocenters. The Morgan fingerprint density at radius 3 is 2.62 bits per heavy atom. The van der Waals surface area contributed by atoms with Crippen LogP contribution in [0.15, 0.2) is 30.5 Å². The highest BCUT2D eigenvalue weighted by Gasteiger charge is 2.16. The Labute approximate surface area is 125 Å². The third-order valence-electron chi connectivity index (χ3n) is 2.79. The number of aromatic hydroxyl groups is 1. The number of phenols is 1. The number of amides is 1. The predicted molar refractivity (Wildman–Crippen MR) is 77.0 cm³/mol. The molecule has 0 saturated heterocycles. The molecule has 0 atom stereocenters. The van der Waals surface area contributed by atoms with Crippen molar-refractivity contribution in [2.24, 2.45) is 0 Å². The van der Waals surface area contributed by atoms with Crippen LogP contribution in [-0.4, -0.2) is 27.1 Å². The number of carbonyl (C=O) groups excluding carboxylic acids is 1. The largest absolute Gasteiger partial charge is 0.507 e. The number of pyridine rings is 1. The van der Waals surface area contributed by atoms with Gasteiger partial charge in [-0.1, -0.05) is 11.6 Å². The van der Waals surface area contributed by atoms with E-state index in [1.807, 2.05) is 0 Å². The molecular formula is C14H11ClN2O4. The van der Waals surface area contributed by atoms with Crippen molar-refractivity contribution in [2.75, 3.05) is 5.32 Å². The van der Waals surface area contributed by atoms with Gasteiger partial charge in [-0.3, -0.25) is 4.79 Å². The lowest BCUT2D eigenvalue weighted by molar-refractivity contribution is 0.0693. The van der Waals surface area contributed by atoms with Crippen LogP contribution >= 0.6 is 11.6 Å². The molecule has 0 fully saturated rings. The monoisotopic (exact) mass is 306 g/mol. The summed E-state index contributed by atoms with van der Waals surface area (Å²) >= 11 is 5.82. The lowest BCUT2D eigenvalue weighted by Gasteiger charge is -2.10. The van der Waals surface area contributed by atoms with Crippen molar-refractivity contribution in [1.82, 2.24) is 4.98 Å². The number of aryl methyl sites for hydroxylation is 1. The molecule has 0 bridgehead atoms. The minimum absolute atomic E-state index is 0.0453. The van der Waals surface area contributed by atoms with Gasteiger partial charge < -0.3 is 15.5 Å². The average molecular weight is 307 g/mol. The minimum Gasteiger partial charge on any atom is -0.507 e. The zero-order valence-electron chi connectivity index (χ0n) is 10.9. The van der Waals surface area contributed by atoms with Gasteiger partial charge in [-0.15, -0.1) is 0 Å². The molecule has 6 nitrogen and oxygen atoms in total. The first-order valence-corrected chi connectivity index (χ1v) is 6.26. The highest BCUT2D eigenvalue weighted by atomic mass is 35.5. The third kappa shape index (κ3) is 3.11. The predicted octanol–water partition coefficient (Wildman–Crippen LogP) is 2.70. The van der Waals surface area contributed by atoms with Gasteiger partial charge in [0.05, 0.1) is 5.56 Å². The van der Waals surface area contributed by atoms with Crippen LogP contribution in [0.5, 0.6) is 5.75 Å². The van der Waals surface area contributed by atoms with E-state index in [2.05, 4.69) is 10.3 Å². The van der Waals surface area contributed by atoms with Crippen molar-refractivity contribution in [3.8, 4) is 5.75 Å². The Morgan fingerprint density at radius 2 is 2.00 bits per heavy atom. The lowest BCUT2D eigenvalue weighted by Crippen LogP contribution is -2.13. The second-order valence-corrected chi connectivity index (χ2v) is 4.65. The summed E-state index contributed by atoms with van der Waals surface area (Å²) in [4.78, 5) is 26.9. The summed E-state index contributed by atoms with van der Waals surface area (Å²) in [5, 5.41) is 21.2. The summed E-state index contributed by atoms with van der Waals surface area (Å²) in [6.07, 6.45) is 1.45. The van der Waals surface area contributed by atoms with Gasteiger partial charge in [0.2, 0.25) is 0 Å². The van der Waals surface area contributed by atoms with Crippen molar-refractivity contribution in [1.29, 1.82) is 0 Å². The van der Waals surface area contributed by atoms with Crippen LogP contribution in [0.3, 0.4) is 0 Å². The molecule has 0 radical (unpaired) electrons. The van der Waals surface area contributed by atoms with Crippen LogP contribution in [0.25, 0.3) is 0 Å². The molecule has 1 aromatic heterocycles. The molecule has 0 saturated carbocycles. The molecule has 3 N–H and O–H groups in total. The number of nitrogens with zero attached hydrogens (tertiary/aromatic N) is 1. The molecule has 0 aliphatic heterocycles. The van der Waals surface area contributed by atoms with E-state index in [0.717, 1.165) is 0 Å². The SMILES string of the molecule is Cc1cc(NC(=O)c2cccnc2Cl)cc(C(=O)O)c1O. The van der Waals surface area contributed by atoms with Gasteiger partial charge >= 0.3 is 5.97 Å². The first-order valence-electron chi connectivity index (χ1n) is 5.89. The van der Waals surface area contributed by atoms with Crippen LogP contribution < -0.4 is 5.32 Å². The van der Waals surface area contributed by atoms with Gasteiger partial charge in [-0.25, -0.2) is 9.78 Å². The number of carboxylic acids is 1. The molecule has 21 heavy (non-hydrogen) atoms. The van der Waals surface area contributed by atoms with Crippen LogP contribution in [-0.2, 0) is 0 Å². The number of aromatic carboxylic acids is 1. The zero-order chi connectivity index (χ0) is 15.6. The normalized spacial score (nSPS) is 10.2. The van der Waals surface area contributed by atoms with E-state index < -0.39 is 11.9 Å². The maximum absolute atomic E-state index is 12.1. The smallest absolute Gasteiger partial charge is 0.339 e. The third-order valence-corrected chi connectivity index (χ3v) is 3.09. The van der Waals surface area contributed by atoms with E-state index in [9.17, 15) is 14.7 Å². The quantitative estimate of drug-likeness (QED) is 0.598. The maximum atomic E-state index is 12.1. The topological polar surface area (TPSA) is 99.5 Å². The number of nitrogens with one attached hydrogen (secondary N) is 1. The lowest BCUT2D eigenvalue weighted by atomic mass is 10.1. The second kappa shape index (κ2) is 5.80.